The Morgan fingerprint density at radius 2 is 1.75 bits per heavy atom. The fourth-order valence-electron chi connectivity index (χ4n) is 5.24. The molecule has 1 saturated heterocycles. The number of carbonyl (C=O) groups excluding carboxylic acids is 1. The van der Waals surface area contributed by atoms with Crippen molar-refractivity contribution in [3.8, 4) is 17.2 Å². The standard InChI is InChI=1S/C29H29N3O4/c1-19-13-20(2)15-23(14-19)34-10-9-31-25-6-4-3-5-24(25)30-29(31)21-16-28(33)32(18-21)22-7-8-26-27(17-22)36-12-11-35-26/h3-8,13-15,17,21H,9-12,16,18H2,1-2H3. The fraction of sp³-hybridized carbons (Fsp3) is 0.310. The highest BCUT2D eigenvalue weighted by Gasteiger charge is 2.35. The number of aryl methyl sites for hydroxylation is 2. The summed E-state index contributed by atoms with van der Waals surface area (Å²) < 4.78 is 19.7. The van der Waals surface area contributed by atoms with Crippen molar-refractivity contribution in [2.24, 2.45) is 0 Å². The van der Waals surface area contributed by atoms with Gasteiger partial charge in [-0.3, -0.25) is 4.79 Å². The van der Waals surface area contributed by atoms with Crippen LogP contribution >= 0.6 is 0 Å². The first-order valence-corrected chi connectivity index (χ1v) is 12.4. The Kier molecular flexibility index (Phi) is 5.76. The lowest BCUT2D eigenvalue weighted by Gasteiger charge is -2.22. The van der Waals surface area contributed by atoms with Gasteiger partial charge in [-0.15, -0.1) is 0 Å². The molecule has 6 rings (SSSR count). The fourth-order valence-corrected chi connectivity index (χ4v) is 5.24. The molecule has 184 valence electrons. The zero-order valence-electron chi connectivity index (χ0n) is 20.6. The summed E-state index contributed by atoms with van der Waals surface area (Å²) in [6.45, 7) is 6.94. The van der Waals surface area contributed by atoms with Crippen LogP contribution in [-0.2, 0) is 11.3 Å². The number of fused-ring (bicyclic) bond motifs is 2. The molecule has 7 heteroatoms. The van der Waals surface area contributed by atoms with E-state index in [0.29, 0.717) is 45.1 Å². The number of para-hydroxylation sites is 2. The molecule has 0 spiro atoms. The number of rotatable bonds is 6. The molecule has 0 saturated carbocycles. The van der Waals surface area contributed by atoms with E-state index >= 15 is 0 Å². The van der Waals surface area contributed by atoms with Gasteiger partial charge in [0.25, 0.3) is 0 Å². The predicted octanol–water partition coefficient (Wildman–Crippen LogP) is 5.02. The molecule has 2 aliphatic rings. The molecule has 1 unspecified atom stereocenters. The minimum atomic E-state index is -0.0145. The first-order chi connectivity index (χ1) is 17.5. The summed E-state index contributed by atoms with van der Waals surface area (Å²) in [5, 5.41) is 0. The van der Waals surface area contributed by atoms with Crippen molar-refractivity contribution in [3.63, 3.8) is 0 Å². The van der Waals surface area contributed by atoms with E-state index in [1.54, 1.807) is 0 Å². The molecule has 4 aromatic rings. The summed E-state index contributed by atoms with van der Waals surface area (Å²) in [7, 11) is 0. The molecule has 7 nitrogen and oxygen atoms in total. The molecule has 2 aliphatic heterocycles. The molecular formula is C29H29N3O4. The van der Waals surface area contributed by atoms with Crippen LogP contribution in [-0.4, -0.2) is 41.8 Å². The van der Waals surface area contributed by atoms with Crippen LogP contribution in [0.25, 0.3) is 11.0 Å². The molecule has 0 aliphatic carbocycles. The van der Waals surface area contributed by atoms with Crippen molar-refractivity contribution in [1.82, 2.24) is 9.55 Å². The van der Waals surface area contributed by atoms with E-state index in [9.17, 15) is 4.79 Å². The highest BCUT2D eigenvalue weighted by molar-refractivity contribution is 5.97. The number of amides is 1. The minimum absolute atomic E-state index is 0.0145. The average Bonchev–Trinajstić information content (AvgIpc) is 3.44. The first kappa shape index (κ1) is 22.5. The number of anilines is 1. The molecule has 3 aromatic carbocycles. The van der Waals surface area contributed by atoms with Gasteiger partial charge in [-0.2, -0.15) is 0 Å². The predicted molar refractivity (Wildman–Crippen MR) is 138 cm³/mol. The van der Waals surface area contributed by atoms with E-state index in [-0.39, 0.29) is 11.8 Å². The molecule has 0 radical (unpaired) electrons. The smallest absolute Gasteiger partial charge is 0.227 e. The van der Waals surface area contributed by atoms with Gasteiger partial charge in [0.05, 0.1) is 17.6 Å². The summed E-state index contributed by atoms with van der Waals surface area (Å²) in [6.07, 6.45) is 0.412. The van der Waals surface area contributed by atoms with Gasteiger partial charge in [0.2, 0.25) is 5.91 Å². The lowest BCUT2D eigenvalue weighted by molar-refractivity contribution is -0.117. The van der Waals surface area contributed by atoms with Gasteiger partial charge in [0.15, 0.2) is 11.5 Å². The number of benzene rings is 3. The summed E-state index contributed by atoms with van der Waals surface area (Å²) in [5.41, 5.74) is 5.18. The first-order valence-electron chi connectivity index (χ1n) is 12.4. The summed E-state index contributed by atoms with van der Waals surface area (Å²) in [5.74, 6) is 3.28. The van der Waals surface area contributed by atoms with Crippen LogP contribution in [0.15, 0.2) is 60.7 Å². The number of imidazole rings is 1. The molecule has 1 fully saturated rings. The highest BCUT2D eigenvalue weighted by atomic mass is 16.6. The SMILES string of the molecule is Cc1cc(C)cc(OCCn2c(C3CC(=O)N(c4ccc5c(c4)OCCO5)C3)nc3ccccc32)c1. The zero-order valence-corrected chi connectivity index (χ0v) is 20.6. The normalized spacial score (nSPS) is 17.1. The zero-order chi connectivity index (χ0) is 24.6. The van der Waals surface area contributed by atoms with Crippen molar-refractivity contribution >= 4 is 22.6 Å². The highest BCUT2D eigenvalue weighted by Crippen LogP contribution is 2.38. The van der Waals surface area contributed by atoms with Crippen LogP contribution in [0.4, 0.5) is 5.69 Å². The average molecular weight is 484 g/mol. The van der Waals surface area contributed by atoms with Gasteiger partial charge in [-0.25, -0.2) is 4.98 Å². The van der Waals surface area contributed by atoms with Crippen molar-refractivity contribution in [3.05, 3.63) is 77.6 Å². The molecule has 0 bridgehead atoms. The Bertz CT molecular complexity index is 1420. The third-order valence-corrected chi connectivity index (χ3v) is 6.79. The number of nitrogens with zero attached hydrogens (tertiary/aromatic N) is 3. The second kappa shape index (κ2) is 9.22. The third kappa shape index (κ3) is 4.26. The van der Waals surface area contributed by atoms with E-state index in [0.717, 1.165) is 34.0 Å². The van der Waals surface area contributed by atoms with E-state index < -0.39 is 0 Å². The molecule has 3 heterocycles. The van der Waals surface area contributed by atoms with Crippen LogP contribution in [0, 0.1) is 13.8 Å². The van der Waals surface area contributed by atoms with Gasteiger partial charge in [-0.05, 0) is 61.4 Å². The maximum atomic E-state index is 13.1. The third-order valence-electron chi connectivity index (χ3n) is 6.79. The Hall–Kier alpha value is -4.00. The molecule has 1 aromatic heterocycles. The monoisotopic (exact) mass is 483 g/mol. The van der Waals surface area contributed by atoms with Gasteiger partial charge >= 0.3 is 0 Å². The quantitative estimate of drug-likeness (QED) is 0.385. The lowest BCUT2D eigenvalue weighted by atomic mass is 10.1. The van der Waals surface area contributed by atoms with Crippen molar-refractivity contribution in [1.29, 1.82) is 0 Å². The maximum absolute atomic E-state index is 13.1. The molecule has 0 N–H and O–H groups in total. The topological polar surface area (TPSA) is 65.8 Å². The second-order valence-electron chi connectivity index (χ2n) is 9.52. The van der Waals surface area contributed by atoms with Gasteiger partial charge in [0.1, 0.15) is 31.4 Å². The number of carbonyl (C=O) groups is 1. The molecule has 1 atom stereocenters. The van der Waals surface area contributed by atoms with Crippen molar-refractivity contribution in [2.45, 2.75) is 32.7 Å². The van der Waals surface area contributed by atoms with Crippen LogP contribution < -0.4 is 19.1 Å². The number of aromatic nitrogens is 2. The van der Waals surface area contributed by atoms with E-state index in [2.05, 4.69) is 42.7 Å². The Labute approximate surface area is 210 Å². The van der Waals surface area contributed by atoms with Gasteiger partial charge in [-0.1, -0.05) is 18.2 Å². The summed E-state index contributed by atoms with van der Waals surface area (Å²) >= 11 is 0. The van der Waals surface area contributed by atoms with E-state index in [4.69, 9.17) is 19.2 Å². The lowest BCUT2D eigenvalue weighted by Crippen LogP contribution is -2.25. The van der Waals surface area contributed by atoms with E-state index in [1.807, 2.05) is 41.3 Å². The number of hydrogen-bond acceptors (Lipinski definition) is 5. The van der Waals surface area contributed by atoms with Gasteiger partial charge in [0, 0.05) is 30.6 Å². The maximum Gasteiger partial charge on any atom is 0.227 e. The Morgan fingerprint density at radius 3 is 2.58 bits per heavy atom. The van der Waals surface area contributed by atoms with Crippen molar-refractivity contribution in [2.75, 3.05) is 31.3 Å². The molecule has 1 amide bonds. The van der Waals surface area contributed by atoms with Crippen LogP contribution in [0.5, 0.6) is 17.2 Å². The van der Waals surface area contributed by atoms with Crippen LogP contribution in [0.2, 0.25) is 0 Å². The summed E-state index contributed by atoms with van der Waals surface area (Å²) in [6, 6.07) is 20.1. The number of ether oxygens (including phenoxy) is 3. The summed E-state index contributed by atoms with van der Waals surface area (Å²) in [4.78, 5) is 19.9. The van der Waals surface area contributed by atoms with Crippen molar-refractivity contribution < 1.29 is 19.0 Å². The Morgan fingerprint density at radius 1 is 0.972 bits per heavy atom. The van der Waals surface area contributed by atoms with Crippen LogP contribution in [0.1, 0.15) is 29.3 Å². The second-order valence-corrected chi connectivity index (χ2v) is 9.52. The largest absolute Gasteiger partial charge is 0.492 e. The molecular weight excluding hydrogens is 454 g/mol. The van der Waals surface area contributed by atoms with Crippen LogP contribution in [0.3, 0.4) is 0 Å². The van der Waals surface area contributed by atoms with Gasteiger partial charge < -0.3 is 23.7 Å². The Balaban J connectivity index is 1.25. The molecule has 36 heavy (non-hydrogen) atoms. The van der Waals surface area contributed by atoms with E-state index in [1.165, 1.54) is 11.1 Å². The number of hydrogen-bond donors (Lipinski definition) is 0. The minimum Gasteiger partial charge on any atom is -0.492 e.